The van der Waals surface area contributed by atoms with Gasteiger partial charge in [0, 0.05) is 11.5 Å². The van der Waals surface area contributed by atoms with Crippen LogP contribution in [0.15, 0.2) is 35.5 Å². The second-order valence-electron chi connectivity index (χ2n) is 6.57. The minimum atomic E-state index is 0.167. The zero-order valence-corrected chi connectivity index (χ0v) is 13.0. The van der Waals surface area contributed by atoms with Gasteiger partial charge in [0.05, 0.1) is 23.1 Å². The number of hydrogen-bond acceptors (Lipinski definition) is 3. The third kappa shape index (κ3) is 1.83. The van der Waals surface area contributed by atoms with Gasteiger partial charge in [0.25, 0.3) is 0 Å². The lowest BCUT2D eigenvalue weighted by Crippen LogP contribution is -2.27. The first-order valence-corrected chi connectivity index (χ1v) is 8.03. The lowest BCUT2D eigenvalue weighted by molar-refractivity contribution is 0.307. The van der Waals surface area contributed by atoms with Crippen LogP contribution in [-0.2, 0) is 0 Å². The Balaban J connectivity index is 1.89. The van der Waals surface area contributed by atoms with Crippen LogP contribution in [0.5, 0.6) is 0 Å². The molecule has 2 aliphatic rings. The summed E-state index contributed by atoms with van der Waals surface area (Å²) in [5.41, 5.74) is 4.34. The van der Waals surface area contributed by atoms with Gasteiger partial charge in [0.1, 0.15) is 5.82 Å². The zero-order chi connectivity index (χ0) is 15.3. The molecule has 2 bridgehead atoms. The van der Waals surface area contributed by atoms with Gasteiger partial charge >= 0.3 is 0 Å². The molecule has 1 aromatic carbocycles. The maximum atomic E-state index is 9.53. The molecule has 3 atom stereocenters. The number of imidazole rings is 1. The topological polar surface area (TPSA) is 50.4 Å². The first kappa shape index (κ1) is 13.6. The lowest BCUT2D eigenvalue weighted by Gasteiger charge is -2.27. The largest absolute Gasteiger partial charge is 0.411 e. The number of aryl methyl sites for hydroxylation is 2. The van der Waals surface area contributed by atoms with Crippen molar-refractivity contribution in [3.8, 4) is 11.3 Å². The quantitative estimate of drug-likeness (QED) is 0.673. The first-order valence-electron chi connectivity index (χ1n) is 8.03. The highest BCUT2D eigenvalue weighted by atomic mass is 16.4. The number of hydrogen-bond donors (Lipinski definition) is 1. The van der Waals surface area contributed by atoms with Gasteiger partial charge in [0.2, 0.25) is 0 Å². The molecule has 0 amide bonds. The summed E-state index contributed by atoms with van der Waals surface area (Å²) < 4.78 is 2.31. The minimum Gasteiger partial charge on any atom is -0.411 e. The summed E-state index contributed by atoms with van der Waals surface area (Å²) in [6, 6.07) is 10.6. The van der Waals surface area contributed by atoms with E-state index >= 15 is 0 Å². The van der Waals surface area contributed by atoms with Gasteiger partial charge in [-0.1, -0.05) is 35.5 Å². The molecule has 114 valence electrons. The summed E-state index contributed by atoms with van der Waals surface area (Å²) in [5.74, 6) is 2.03. The van der Waals surface area contributed by atoms with Crippen molar-refractivity contribution in [2.24, 2.45) is 17.0 Å². The van der Waals surface area contributed by atoms with Crippen LogP contribution < -0.4 is 0 Å². The summed E-state index contributed by atoms with van der Waals surface area (Å²) in [5, 5.41) is 13.2. The molecule has 4 rings (SSSR count). The van der Waals surface area contributed by atoms with Crippen molar-refractivity contribution in [3.05, 3.63) is 41.9 Å². The molecular formula is C18H21N3O. The highest BCUT2D eigenvalue weighted by molar-refractivity contribution is 5.93. The van der Waals surface area contributed by atoms with Crippen molar-refractivity contribution in [1.82, 2.24) is 9.55 Å². The van der Waals surface area contributed by atoms with Crippen LogP contribution in [0, 0.1) is 25.7 Å². The summed E-state index contributed by atoms with van der Waals surface area (Å²) in [6.07, 6.45) is 3.53. The van der Waals surface area contributed by atoms with Crippen LogP contribution in [0.1, 0.15) is 36.8 Å². The van der Waals surface area contributed by atoms with Gasteiger partial charge in [-0.05, 0) is 39.0 Å². The standard InChI is InChI=1S/C18H21N3O/c1-11-17(13-6-4-3-5-7-13)21(12(2)19-11)18-15-9-8-14(10-15)16(18)20-22/h3-7,14-15,18,22H,8-10H2,1-2H3/b20-16+. The van der Waals surface area contributed by atoms with Crippen LogP contribution in [0.25, 0.3) is 11.3 Å². The molecule has 2 fully saturated rings. The Kier molecular flexibility index (Phi) is 3.06. The number of fused-ring (bicyclic) bond motifs is 2. The van der Waals surface area contributed by atoms with Gasteiger partial charge in [-0.3, -0.25) is 0 Å². The van der Waals surface area contributed by atoms with E-state index in [9.17, 15) is 5.21 Å². The SMILES string of the molecule is Cc1nc(C)n(C2/C(=N/O)C3CCC2C3)c1-c1ccccc1. The Hall–Kier alpha value is -2.10. The third-order valence-electron chi connectivity index (χ3n) is 5.34. The molecular weight excluding hydrogens is 274 g/mol. The van der Waals surface area contributed by atoms with Crippen molar-refractivity contribution in [2.45, 2.75) is 39.2 Å². The Bertz CT molecular complexity index is 732. The van der Waals surface area contributed by atoms with Crippen LogP contribution in [0.3, 0.4) is 0 Å². The average molecular weight is 295 g/mol. The fraction of sp³-hybridized carbons (Fsp3) is 0.444. The maximum absolute atomic E-state index is 9.53. The fourth-order valence-electron chi connectivity index (χ4n) is 4.51. The normalized spacial score (nSPS) is 28.6. The summed E-state index contributed by atoms with van der Waals surface area (Å²) in [6.45, 7) is 4.12. The van der Waals surface area contributed by atoms with Crippen molar-refractivity contribution >= 4 is 5.71 Å². The second kappa shape index (κ2) is 4.97. The number of nitrogens with zero attached hydrogens (tertiary/aromatic N) is 3. The summed E-state index contributed by atoms with van der Waals surface area (Å²) >= 11 is 0. The van der Waals surface area contributed by atoms with Gasteiger partial charge in [-0.25, -0.2) is 4.98 Å². The van der Waals surface area contributed by atoms with Crippen LogP contribution in [0.2, 0.25) is 0 Å². The third-order valence-corrected chi connectivity index (χ3v) is 5.34. The molecule has 0 radical (unpaired) electrons. The fourth-order valence-corrected chi connectivity index (χ4v) is 4.51. The summed E-state index contributed by atoms with van der Waals surface area (Å²) in [4.78, 5) is 4.71. The predicted molar refractivity (Wildman–Crippen MR) is 86.2 cm³/mol. The highest BCUT2D eigenvalue weighted by Crippen LogP contribution is 2.50. The van der Waals surface area contributed by atoms with Crippen LogP contribution in [0.4, 0.5) is 0 Å². The monoisotopic (exact) mass is 295 g/mol. The van der Waals surface area contributed by atoms with E-state index in [-0.39, 0.29) is 6.04 Å². The van der Waals surface area contributed by atoms with Crippen LogP contribution in [-0.4, -0.2) is 20.5 Å². The molecule has 4 nitrogen and oxygen atoms in total. The Morgan fingerprint density at radius 2 is 1.95 bits per heavy atom. The molecule has 2 saturated carbocycles. The molecule has 1 N–H and O–H groups in total. The molecule has 0 aliphatic heterocycles. The molecule has 1 heterocycles. The average Bonchev–Trinajstić information content (AvgIpc) is 3.20. The summed E-state index contributed by atoms with van der Waals surface area (Å²) in [7, 11) is 0. The maximum Gasteiger partial charge on any atom is 0.106 e. The molecule has 22 heavy (non-hydrogen) atoms. The first-order chi connectivity index (χ1) is 10.7. The molecule has 1 aromatic heterocycles. The molecule has 3 unspecified atom stereocenters. The van der Waals surface area contributed by atoms with Gasteiger partial charge in [0.15, 0.2) is 0 Å². The molecule has 0 saturated heterocycles. The Labute approximate surface area is 130 Å². The van der Waals surface area contributed by atoms with E-state index in [0.717, 1.165) is 35.8 Å². The van der Waals surface area contributed by atoms with Crippen molar-refractivity contribution in [1.29, 1.82) is 0 Å². The zero-order valence-electron chi connectivity index (χ0n) is 13.0. The highest BCUT2D eigenvalue weighted by Gasteiger charge is 2.47. The molecule has 2 aliphatic carbocycles. The number of aromatic nitrogens is 2. The van der Waals surface area contributed by atoms with Gasteiger partial charge in [-0.15, -0.1) is 0 Å². The second-order valence-corrected chi connectivity index (χ2v) is 6.57. The van der Waals surface area contributed by atoms with E-state index in [0.29, 0.717) is 11.8 Å². The minimum absolute atomic E-state index is 0.167. The number of benzene rings is 1. The van der Waals surface area contributed by atoms with E-state index in [1.54, 1.807) is 0 Å². The van der Waals surface area contributed by atoms with Crippen LogP contribution >= 0.6 is 0 Å². The smallest absolute Gasteiger partial charge is 0.106 e. The van der Waals surface area contributed by atoms with Gasteiger partial charge in [-0.2, -0.15) is 0 Å². The van der Waals surface area contributed by atoms with E-state index < -0.39 is 0 Å². The molecule has 2 aromatic rings. The van der Waals surface area contributed by atoms with E-state index in [2.05, 4.69) is 47.8 Å². The van der Waals surface area contributed by atoms with E-state index in [1.807, 2.05) is 6.07 Å². The molecule has 4 heteroatoms. The lowest BCUT2D eigenvalue weighted by atomic mass is 9.92. The Morgan fingerprint density at radius 1 is 1.18 bits per heavy atom. The van der Waals surface area contributed by atoms with Gasteiger partial charge < -0.3 is 9.77 Å². The van der Waals surface area contributed by atoms with Crippen molar-refractivity contribution in [2.75, 3.05) is 0 Å². The van der Waals surface area contributed by atoms with E-state index in [1.165, 1.54) is 12.0 Å². The number of oxime groups is 1. The number of rotatable bonds is 2. The van der Waals surface area contributed by atoms with Crippen molar-refractivity contribution < 1.29 is 5.21 Å². The van der Waals surface area contributed by atoms with Crippen molar-refractivity contribution in [3.63, 3.8) is 0 Å². The van der Waals surface area contributed by atoms with E-state index in [4.69, 9.17) is 4.98 Å². The molecule has 0 spiro atoms. The predicted octanol–water partition coefficient (Wildman–Crippen LogP) is 3.97. The Morgan fingerprint density at radius 3 is 2.68 bits per heavy atom.